The van der Waals surface area contributed by atoms with Gasteiger partial charge in [-0.15, -0.1) is 0 Å². The molecule has 0 aromatic heterocycles. The number of rotatable bonds is 0. The Morgan fingerprint density at radius 1 is 1.46 bits per heavy atom. The van der Waals surface area contributed by atoms with E-state index >= 15 is 0 Å². The number of fused-ring (bicyclic) bond motifs is 3. The van der Waals surface area contributed by atoms with Gasteiger partial charge < -0.3 is 0 Å². The predicted octanol–water partition coefficient (Wildman–Crippen LogP) is 2.34. The minimum Gasteiger partial charge on any atom is -0.294 e. The van der Waals surface area contributed by atoms with E-state index in [9.17, 15) is 4.79 Å². The van der Waals surface area contributed by atoms with E-state index in [1.54, 1.807) is 6.08 Å². The maximum absolute atomic E-state index is 11.9. The molecule has 0 saturated heterocycles. The first-order valence-corrected chi connectivity index (χ1v) is 5.14. The highest BCUT2D eigenvalue weighted by atomic mass is 16.1. The Bertz CT molecular complexity index is 326. The molecule has 2 bridgehead atoms. The molecule has 1 spiro atoms. The number of hydrogen-bond donors (Lipinski definition) is 0. The molecule has 0 aliphatic heterocycles. The van der Waals surface area contributed by atoms with E-state index in [1.165, 1.54) is 6.42 Å². The van der Waals surface area contributed by atoms with Gasteiger partial charge >= 0.3 is 0 Å². The van der Waals surface area contributed by atoms with Gasteiger partial charge in [0.25, 0.3) is 0 Å². The van der Waals surface area contributed by atoms with E-state index in [1.807, 2.05) is 0 Å². The monoisotopic (exact) mass is 174 g/mol. The Balaban J connectivity index is 2.09. The third-order valence-corrected chi connectivity index (χ3v) is 4.42. The lowest BCUT2D eigenvalue weighted by Gasteiger charge is -2.35. The van der Waals surface area contributed by atoms with Crippen molar-refractivity contribution in [3.05, 3.63) is 24.3 Å². The second-order valence-corrected chi connectivity index (χ2v) is 4.69. The number of carbonyl (C=O) groups is 1. The fourth-order valence-corrected chi connectivity index (χ4v) is 3.56. The van der Waals surface area contributed by atoms with Gasteiger partial charge in [0.2, 0.25) is 0 Å². The first-order valence-electron chi connectivity index (χ1n) is 5.14. The van der Waals surface area contributed by atoms with Gasteiger partial charge in [-0.25, -0.2) is 0 Å². The molecule has 0 unspecified atom stereocenters. The van der Waals surface area contributed by atoms with Crippen LogP contribution < -0.4 is 0 Å². The van der Waals surface area contributed by atoms with Crippen LogP contribution in [0.1, 0.15) is 19.8 Å². The zero-order valence-corrected chi connectivity index (χ0v) is 7.86. The second-order valence-electron chi connectivity index (χ2n) is 4.69. The molecule has 0 radical (unpaired) electrons. The van der Waals surface area contributed by atoms with Crippen molar-refractivity contribution < 1.29 is 4.79 Å². The highest BCUT2D eigenvalue weighted by Gasteiger charge is 2.57. The lowest BCUT2D eigenvalue weighted by Crippen LogP contribution is -2.37. The molecule has 3 aliphatic carbocycles. The van der Waals surface area contributed by atoms with Gasteiger partial charge in [0.15, 0.2) is 5.78 Å². The van der Waals surface area contributed by atoms with Crippen LogP contribution in [0.25, 0.3) is 0 Å². The van der Waals surface area contributed by atoms with Crippen LogP contribution in [0.2, 0.25) is 0 Å². The zero-order valence-electron chi connectivity index (χ0n) is 7.86. The number of ketones is 1. The minimum absolute atomic E-state index is 0.0145. The van der Waals surface area contributed by atoms with Gasteiger partial charge in [-0.05, 0) is 36.7 Å². The predicted molar refractivity (Wildman–Crippen MR) is 51.1 cm³/mol. The molecule has 0 amide bonds. The van der Waals surface area contributed by atoms with E-state index in [2.05, 4.69) is 25.2 Å². The van der Waals surface area contributed by atoms with Crippen LogP contribution in [0.5, 0.6) is 0 Å². The van der Waals surface area contributed by atoms with Crippen LogP contribution in [0, 0.1) is 23.2 Å². The molecule has 0 N–H and O–H groups in total. The standard InChI is InChI=1S/C12H14O/c1-8-9-4-5-10(7-9)12(8)6-2-3-11(12)13/h2-5,8-10H,6-7H2,1H3/t8-,9-,10+,12-/m1/s1. The summed E-state index contributed by atoms with van der Waals surface area (Å²) in [7, 11) is 0. The van der Waals surface area contributed by atoms with Crippen molar-refractivity contribution in [2.24, 2.45) is 23.2 Å². The van der Waals surface area contributed by atoms with Crippen molar-refractivity contribution in [1.29, 1.82) is 0 Å². The van der Waals surface area contributed by atoms with Crippen LogP contribution in [-0.4, -0.2) is 5.78 Å². The molecule has 0 aromatic rings. The molecule has 13 heavy (non-hydrogen) atoms. The molecule has 4 atom stereocenters. The normalized spacial score (nSPS) is 51.5. The molecular weight excluding hydrogens is 160 g/mol. The van der Waals surface area contributed by atoms with Crippen molar-refractivity contribution in [2.75, 3.05) is 0 Å². The van der Waals surface area contributed by atoms with Gasteiger partial charge in [-0.2, -0.15) is 0 Å². The molecule has 0 aromatic carbocycles. The molecule has 1 nitrogen and oxygen atoms in total. The Hall–Kier alpha value is -0.850. The van der Waals surface area contributed by atoms with Crippen molar-refractivity contribution >= 4 is 5.78 Å². The molecule has 3 aliphatic rings. The molecule has 0 heterocycles. The largest absolute Gasteiger partial charge is 0.294 e. The lowest BCUT2D eigenvalue weighted by molar-refractivity contribution is -0.126. The van der Waals surface area contributed by atoms with Crippen molar-refractivity contribution in [1.82, 2.24) is 0 Å². The quantitative estimate of drug-likeness (QED) is 0.515. The van der Waals surface area contributed by atoms with Crippen molar-refractivity contribution in [3.63, 3.8) is 0 Å². The van der Waals surface area contributed by atoms with Crippen LogP contribution in [0.4, 0.5) is 0 Å². The topological polar surface area (TPSA) is 17.1 Å². The highest BCUT2D eigenvalue weighted by Crippen LogP contribution is 2.60. The summed E-state index contributed by atoms with van der Waals surface area (Å²) < 4.78 is 0. The Kier molecular flexibility index (Phi) is 1.24. The van der Waals surface area contributed by atoms with Crippen molar-refractivity contribution in [2.45, 2.75) is 19.8 Å². The summed E-state index contributed by atoms with van der Waals surface area (Å²) in [4.78, 5) is 11.9. The summed E-state index contributed by atoms with van der Waals surface area (Å²) in [6.45, 7) is 2.25. The number of allylic oxidation sites excluding steroid dienone is 4. The third kappa shape index (κ3) is 0.676. The summed E-state index contributed by atoms with van der Waals surface area (Å²) in [6.07, 6.45) is 10.6. The second kappa shape index (κ2) is 2.14. The molecule has 1 fully saturated rings. The fraction of sp³-hybridized carbons (Fsp3) is 0.583. The van der Waals surface area contributed by atoms with Gasteiger partial charge in [-0.3, -0.25) is 4.79 Å². The average Bonchev–Trinajstić information content (AvgIpc) is 2.74. The van der Waals surface area contributed by atoms with E-state index in [-0.39, 0.29) is 5.41 Å². The van der Waals surface area contributed by atoms with E-state index < -0.39 is 0 Å². The highest BCUT2D eigenvalue weighted by molar-refractivity contribution is 5.98. The smallest absolute Gasteiger partial charge is 0.162 e. The van der Waals surface area contributed by atoms with Gasteiger partial charge in [0, 0.05) is 5.41 Å². The summed E-state index contributed by atoms with van der Waals surface area (Å²) >= 11 is 0. The molecule has 1 saturated carbocycles. The Labute approximate surface area is 78.5 Å². The first-order chi connectivity index (χ1) is 6.25. The van der Waals surface area contributed by atoms with Crippen LogP contribution >= 0.6 is 0 Å². The maximum Gasteiger partial charge on any atom is 0.162 e. The van der Waals surface area contributed by atoms with E-state index in [0.29, 0.717) is 23.5 Å². The minimum atomic E-state index is -0.0145. The summed E-state index contributed by atoms with van der Waals surface area (Å²) in [5, 5.41) is 0. The first kappa shape index (κ1) is 7.54. The zero-order chi connectivity index (χ0) is 9.05. The third-order valence-electron chi connectivity index (χ3n) is 4.42. The summed E-state index contributed by atoms with van der Waals surface area (Å²) in [5.41, 5.74) is -0.0145. The van der Waals surface area contributed by atoms with Gasteiger partial charge in [0.05, 0.1) is 0 Å². The van der Waals surface area contributed by atoms with E-state index in [4.69, 9.17) is 0 Å². The number of hydrogen-bond acceptors (Lipinski definition) is 1. The average molecular weight is 174 g/mol. The Morgan fingerprint density at radius 2 is 2.31 bits per heavy atom. The molecule has 68 valence electrons. The number of carbonyl (C=O) groups excluding carboxylic acids is 1. The molecule has 3 rings (SSSR count). The summed E-state index contributed by atoms with van der Waals surface area (Å²) in [6, 6.07) is 0. The maximum atomic E-state index is 11.9. The van der Waals surface area contributed by atoms with Crippen LogP contribution in [0.3, 0.4) is 0 Å². The SMILES string of the molecule is C[C@@H]1[C@@H]2C=C[C@@H](C2)[C@@]12CC=CC2=O. The summed E-state index contributed by atoms with van der Waals surface area (Å²) in [5.74, 6) is 2.16. The lowest BCUT2D eigenvalue weighted by atomic mass is 9.67. The van der Waals surface area contributed by atoms with E-state index in [0.717, 1.165) is 6.42 Å². The van der Waals surface area contributed by atoms with Crippen molar-refractivity contribution in [3.8, 4) is 0 Å². The van der Waals surface area contributed by atoms with Gasteiger partial charge in [0.1, 0.15) is 0 Å². The van der Waals surface area contributed by atoms with Crippen LogP contribution in [0.15, 0.2) is 24.3 Å². The van der Waals surface area contributed by atoms with Crippen LogP contribution in [-0.2, 0) is 4.79 Å². The molecular formula is C12H14O. The Morgan fingerprint density at radius 3 is 2.85 bits per heavy atom. The fourth-order valence-electron chi connectivity index (χ4n) is 3.56. The molecule has 1 heteroatoms. The van der Waals surface area contributed by atoms with Gasteiger partial charge in [-0.1, -0.05) is 25.2 Å².